The molecule has 0 aliphatic carbocycles. The van der Waals surface area contributed by atoms with Crippen molar-refractivity contribution < 1.29 is 23.9 Å². The van der Waals surface area contributed by atoms with Crippen LogP contribution < -0.4 is 15.8 Å². The number of nitrogens with one attached hydrogen (secondary N) is 1. The van der Waals surface area contributed by atoms with Crippen molar-refractivity contribution in [1.82, 2.24) is 15.1 Å². The highest BCUT2D eigenvalue weighted by Crippen LogP contribution is 2.26. The molecule has 0 saturated carbocycles. The second-order valence-corrected chi connectivity index (χ2v) is 11.3. The second-order valence-electron chi connectivity index (χ2n) is 9.45. The van der Waals surface area contributed by atoms with Crippen LogP contribution in [0.4, 0.5) is 4.79 Å². The summed E-state index contributed by atoms with van der Waals surface area (Å²) in [7, 11) is 0. The van der Waals surface area contributed by atoms with E-state index in [4.69, 9.17) is 38.4 Å². The van der Waals surface area contributed by atoms with E-state index in [1.807, 2.05) is 0 Å². The third-order valence-corrected chi connectivity index (χ3v) is 8.44. The molecule has 2 fully saturated rings. The van der Waals surface area contributed by atoms with Gasteiger partial charge in [-0.3, -0.25) is 19.4 Å². The molecule has 3 N–H and O–H groups in total. The average molecular weight is 596 g/mol. The molecule has 0 aromatic heterocycles. The van der Waals surface area contributed by atoms with Crippen molar-refractivity contribution in [2.75, 3.05) is 37.9 Å². The Hall–Kier alpha value is -2.66. The fraction of sp³-hybridized carbons (Fsp3) is 0.444. The minimum absolute atomic E-state index is 0.192. The van der Waals surface area contributed by atoms with Gasteiger partial charge in [-0.1, -0.05) is 41.4 Å². The Morgan fingerprint density at radius 1 is 1.08 bits per heavy atom. The van der Waals surface area contributed by atoms with E-state index >= 15 is 0 Å². The van der Waals surface area contributed by atoms with Crippen LogP contribution in [0.1, 0.15) is 24.0 Å². The molecule has 2 atom stereocenters. The topological polar surface area (TPSA) is 114 Å². The fourth-order valence-electron chi connectivity index (χ4n) is 4.46. The van der Waals surface area contributed by atoms with Crippen LogP contribution in [-0.4, -0.2) is 77.7 Å². The Bertz CT molecular complexity index is 1140. The van der Waals surface area contributed by atoms with Crippen LogP contribution in [0.15, 0.2) is 42.5 Å². The van der Waals surface area contributed by atoms with E-state index in [0.717, 1.165) is 31.5 Å². The number of likely N-dealkylation sites (tertiary alicyclic amines) is 1. The van der Waals surface area contributed by atoms with Crippen LogP contribution in [0.3, 0.4) is 0 Å². The summed E-state index contributed by atoms with van der Waals surface area (Å²) in [6.45, 7) is 3.20. The summed E-state index contributed by atoms with van der Waals surface area (Å²) >= 11 is 13.8. The first-order valence-corrected chi connectivity index (χ1v) is 14.7. The first-order valence-electron chi connectivity index (χ1n) is 12.8. The average Bonchev–Trinajstić information content (AvgIpc) is 3.61. The van der Waals surface area contributed by atoms with Gasteiger partial charge < -0.3 is 20.5 Å². The highest BCUT2D eigenvalue weighted by molar-refractivity contribution is 7.99. The number of hydrogen-bond donors (Lipinski definition) is 2. The van der Waals surface area contributed by atoms with Crippen molar-refractivity contribution in [3.05, 3.63) is 63.6 Å². The summed E-state index contributed by atoms with van der Waals surface area (Å²) in [5, 5.41) is 3.77. The molecule has 2 aliphatic rings. The van der Waals surface area contributed by atoms with Gasteiger partial charge in [0, 0.05) is 34.3 Å². The smallest absolute Gasteiger partial charge is 0.411 e. The Morgan fingerprint density at radius 3 is 2.44 bits per heavy atom. The molecule has 4 rings (SSSR count). The number of thioether (sulfide) groups is 1. The molecule has 3 amide bonds. The second kappa shape index (κ2) is 14.1. The summed E-state index contributed by atoms with van der Waals surface area (Å²) in [5.41, 5.74) is 7.07. The zero-order valence-electron chi connectivity index (χ0n) is 21.4. The summed E-state index contributed by atoms with van der Waals surface area (Å²) < 4.78 is 11.2. The normalized spacial score (nSPS) is 18.1. The lowest BCUT2D eigenvalue weighted by molar-refractivity contribution is -0.129. The van der Waals surface area contributed by atoms with Gasteiger partial charge in [0.05, 0.1) is 5.88 Å². The van der Waals surface area contributed by atoms with Gasteiger partial charge in [0.1, 0.15) is 31.0 Å². The number of amides is 3. The van der Waals surface area contributed by atoms with E-state index in [0.29, 0.717) is 39.5 Å². The molecule has 0 bridgehead atoms. The lowest BCUT2D eigenvalue weighted by Crippen LogP contribution is -2.53. The number of rotatable bonds is 11. The van der Waals surface area contributed by atoms with Gasteiger partial charge in [-0.2, -0.15) is 0 Å². The molecule has 2 aliphatic heterocycles. The first kappa shape index (κ1) is 29.3. The van der Waals surface area contributed by atoms with E-state index in [1.165, 1.54) is 16.7 Å². The maximum atomic E-state index is 13.0. The van der Waals surface area contributed by atoms with Crippen molar-refractivity contribution in [3.63, 3.8) is 0 Å². The highest BCUT2D eigenvalue weighted by Gasteiger charge is 2.37. The highest BCUT2D eigenvalue weighted by atomic mass is 35.5. The van der Waals surface area contributed by atoms with Crippen LogP contribution in [-0.2, 0) is 27.4 Å². The van der Waals surface area contributed by atoms with Gasteiger partial charge in [-0.05, 0) is 55.8 Å². The number of carbonyl (C=O) groups is 3. The van der Waals surface area contributed by atoms with E-state index in [-0.39, 0.29) is 19.6 Å². The predicted molar refractivity (Wildman–Crippen MR) is 152 cm³/mol. The van der Waals surface area contributed by atoms with E-state index in [9.17, 15) is 14.4 Å². The Morgan fingerprint density at radius 2 is 1.77 bits per heavy atom. The largest absolute Gasteiger partial charge is 0.489 e. The third-order valence-electron chi connectivity index (χ3n) is 6.72. The monoisotopic (exact) mass is 594 g/mol. The van der Waals surface area contributed by atoms with Crippen molar-refractivity contribution in [2.24, 2.45) is 5.73 Å². The third kappa shape index (κ3) is 8.17. The minimum atomic E-state index is -0.940. The van der Waals surface area contributed by atoms with Gasteiger partial charge in [0.15, 0.2) is 0 Å². The number of nitrogens with zero attached hydrogens (tertiary/aromatic N) is 2. The van der Waals surface area contributed by atoms with Gasteiger partial charge in [-0.25, -0.2) is 4.79 Å². The molecular weight excluding hydrogens is 563 g/mol. The number of hydrogen-bond acceptors (Lipinski definition) is 7. The molecule has 39 heavy (non-hydrogen) atoms. The van der Waals surface area contributed by atoms with Gasteiger partial charge in [0.2, 0.25) is 11.8 Å². The predicted octanol–water partition coefficient (Wildman–Crippen LogP) is 3.69. The first-order chi connectivity index (χ1) is 18.8. The lowest BCUT2D eigenvalue weighted by Gasteiger charge is -2.25. The summed E-state index contributed by atoms with van der Waals surface area (Å²) in [5.74, 6) is 0.263. The van der Waals surface area contributed by atoms with Crippen molar-refractivity contribution in [1.29, 1.82) is 0 Å². The van der Waals surface area contributed by atoms with Crippen molar-refractivity contribution >= 4 is 52.9 Å². The van der Waals surface area contributed by atoms with Crippen LogP contribution in [0.5, 0.6) is 5.75 Å². The number of primary amides is 1. The number of halogens is 2. The Balaban J connectivity index is 1.28. The molecule has 12 heteroatoms. The molecule has 210 valence electrons. The summed E-state index contributed by atoms with van der Waals surface area (Å²) in [6, 6.07) is 10.7. The Kier molecular flexibility index (Phi) is 10.6. The Labute approximate surface area is 242 Å². The number of ether oxygens (including phenoxy) is 2. The zero-order chi connectivity index (χ0) is 27.8. The fourth-order valence-corrected chi connectivity index (χ4v) is 6.11. The van der Waals surface area contributed by atoms with Gasteiger partial charge >= 0.3 is 6.09 Å². The zero-order valence-corrected chi connectivity index (χ0v) is 23.8. The molecule has 2 heterocycles. The minimum Gasteiger partial charge on any atom is -0.489 e. The molecule has 2 aromatic rings. The van der Waals surface area contributed by atoms with E-state index in [1.54, 1.807) is 42.5 Å². The molecule has 0 spiro atoms. The van der Waals surface area contributed by atoms with Gasteiger partial charge in [-0.15, -0.1) is 11.8 Å². The molecular formula is C27H32Cl2N4O5S. The van der Waals surface area contributed by atoms with Crippen LogP contribution in [0, 0.1) is 0 Å². The lowest BCUT2D eigenvalue weighted by atomic mass is 10.0. The van der Waals surface area contributed by atoms with Crippen LogP contribution in [0.2, 0.25) is 10.0 Å². The SMILES string of the molecule is NC(=O)C(Cc1ccc(OCc2c(Cl)cccc2Cl)cc1)NC(=O)C1CSCN1C(=O)OCCN1CCCC1. The number of carbonyl (C=O) groups excluding carboxylic acids is 3. The van der Waals surface area contributed by atoms with E-state index in [2.05, 4.69) is 10.2 Å². The molecule has 2 unspecified atom stereocenters. The number of nitrogens with two attached hydrogens (primary N) is 1. The standard InChI is InChI=1S/C27H32Cl2N4O5S/c28-21-4-3-5-22(29)20(21)15-38-19-8-6-18(7-9-19)14-23(25(30)34)31-26(35)24-16-39-17-33(24)27(36)37-13-12-32-10-1-2-11-32/h3-9,23-24H,1-2,10-17H2,(H2,30,34)(H,31,35). The molecule has 9 nitrogen and oxygen atoms in total. The molecule has 2 aromatic carbocycles. The number of benzene rings is 2. The quantitative estimate of drug-likeness (QED) is 0.408. The van der Waals surface area contributed by atoms with Crippen molar-refractivity contribution in [2.45, 2.75) is 38.0 Å². The maximum absolute atomic E-state index is 13.0. The summed E-state index contributed by atoms with van der Waals surface area (Å²) in [6.07, 6.45) is 1.99. The van der Waals surface area contributed by atoms with E-state index < -0.39 is 30.0 Å². The van der Waals surface area contributed by atoms with Crippen LogP contribution >= 0.6 is 35.0 Å². The molecule has 0 radical (unpaired) electrons. The van der Waals surface area contributed by atoms with Gasteiger partial charge in [0.25, 0.3) is 0 Å². The van der Waals surface area contributed by atoms with Crippen molar-refractivity contribution in [3.8, 4) is 5.75 Å². The van der Waals surface area contributed by atoms with Crippen LogP contribution in [0.25, 0.3) is 0 Å². The maximum Gasteiger partial charge on any atom is 0.411 e. The molecule has 2 saturated heterocycles. The summed E-state index contributed by atoms with van der Waals surface area (Å²) in [4.78, 5) is 41.5.